The Bertz CT molecular complexity index is 916. The molecule has 0 aliphatic carbocycles. The van der Waals surface area contributed by atoms with Crippen molar-refractivity contribution in [2.75, 3.05) is 11.9 Å². The molecule has 0 atom stereocenters. The molecule has 0 fully saturated rings. The zero-order valence-corrected chi connectivity index (χ0v) is 16.4. The molecule has 5 nitrogen and oxygen atoms in total. The van der Waals surface area contributed by atoms with Crippen molar-refractivity contribution >= 4 is 23.6 Å². The largest absolute Gasteiger partial charge is 0.437 e. The van der Waals surface area contributed by atoms with Crippen LogP contribution in [0.5, 0.6) is 11.6 Å². The monoisotopic (exact) mass is 382 g/mol. The van der Waals surface area contributed by atoms with Crippen LogP contribution in [0.3, 0.4) is 0 Å². The first-order valence-corrected chi connectivity index (χ1v) is 9.24. The molecule has 3 rings (SSSR count). The number of anilines is 1. The molecule has 0 amide bonds. The Morgan fingerprint density at radius 1 is 1.19 bits per heavy atom. The molecule has 1 aromatic heterocycles. The van der Waals surface area contributed by atoms with Gasteiger partial charge in [-0.05, 0) is 60.9 Å². The van der Waals surface area contributed by atoms with Gasteiger partial charge in [0.25, 0.3) is 0 Å². The Hall–Kier alpha value is -2.79. The summed E-state index contributed by atoms with van der Waals surface area (Å²) < 4.78 is 7.68. The van der Waals surface area contributed by atoms with E-state index in [-0.39, 0.29) is 0 Å². The highest BCUT2D eigenvalue weighted by Crippen LogP contribution is 2.26. The quantitative estimate of drug-likeness (QED) is 0.419. The van der Waals surface area contributed by atoms with Gasteiger partial charge in [0, 0.05) is 29.5 Å². The summed E-state index contributed by atoms with van der Waals surface area (Å²) in [6, 6.07) is 15.2. The van der Waals surface area contributed by atoms with E-state index in [0.29, 0.717) is 16.8 Å². The molecule has 0 aliphatic heterocycles. The number of hydrogen-bond donors (Lipinski definition) is 1. The highest BCUT2D eigenvalue weighted by Gasteiger charge is 2.06. The van der Waals surface area contributed by atoms with Crippen molar-refractivity contribution < 1.29 is 4.74 Å². The van der Waals surface area contributed by atoms with Gasteiger partial charge >= 0.3 is 0 Å². The van der Waals surface area contributed by atoms with Crippen LogP contribution in [-0.2, 0) is 0 Å². The maximum Gasteiger partial charge on any atom is 0.238 e. The third-order valence-corrected chi connectivity index (χ3v) is 4.09. The van der Waals surface area contributed by atoms with Crippen LogP contribution in [0.2, 0.25) is 5.02 Å². The first-order valence-electron chi connectivity index (χ1n) is 8.86. The summed E-state index contributed by atoms with van der Waals surface area (Å²) in [7, 11) is 0. The number of rotatable bonds is 7. The Morgan fingerprint density at radius 2 is 1.96 bits per heavy atom. The second kappa shape index (κ2) is 8.73. The van der Waals surface area contributed by atoms with Crippen molar-refractivity contribution in [2.24, 2.45) is 10.9 Å². The molecule has 0 bridgehead atoms. The minimum atomic E-state index is 0.534. The average molecular weight is 383 g/mol. The maximum atomic E-state index is 5.93. The fourth-order valence-corrected chi connectivity index (χ4v) is 2.58. The number of nitrogens with zero attached hydrogens (tertiary/aromatic N) is 3. The van der Waals surface area contributed by atoms with E-state index in [9.17, 15) is 0 Å². The molecule has 0 saturated heterocycles. The maximum absolute atomic E-state index is 5.93. The fourth-order valence-electron chi connectivity index (χ4n) is 2.45. The minimum absolute atomic E-state index is 0.534. The number of ether oxygens (including phenoxy) is 1. The molecule has 0 saturated carbocycles. The first kappa shape index (κ1) is 19.0. The minimum Gasteiger partial charge on any atom is -0.437 e. The van der Waals surface area contributed by atoms with Gasteiger partial charge in [0.2, 0.25) is 5.88 Å². The summed E-state index contributed by atoms with van der Waals surface area (Å²) in [4.78, 5) is 4.33. The van der Waals surface area contributed by atoms with E-state index < -0.39 is 0 Å². The molecule has 2 aromatic carbocycles. The second-order valence-electron chi connectivity index (χ2n) is 6.69. The van der Waals surface area contributed by atoms with Gasteiger partial charge in [-0.3, -0.25) is 4.99 Å². The van der Waals surface area contributed by atoms with Crippen molar-refractivity contribution in [1.82, 2.24) is 9.78 Å². The summed E-state index contributed by atoms with van der Waals surface area (Å²) in [6.45, 7) is 7.09. The number of halogens is 1. The Morgan fingerprint density at radius 3 is 2.67 bits per heavy atom. The van der Waals surface area contributed by atoms with E-state index in [2.05, 4.69) is 29.3 Å². The summed E-state index contributed by atoms with van der Waals surface area (Å²) in [5.41, 5.74) is 2.91. The topological polar surface area (TPSA) is 51.4 Å². The van der Waals surface area contributed by atoms with E-state index in [0.717, 1.165) is 29.2 Å². The molecular weight excluding hydrogens is 360 g/mol. The second-order valence-corrected chi connectivity index (χ2v) is 7.13. The number of benzene rings is 2. The van der Waals surface area contributed by atoms with Gasteiger partial charge in [0.15, 0.2) is 0 Å². The third kappa shape index (κ3) is 5.34. The molecular formula is C21H23ClN4O. The lowest BCUT2D eigenvalue weighted by Gasteiger charge is -2.08. The van der Waals surface area contributed by atoms with Crippen molar-refractivity contribution in [3.8, 4) is 17.3 Å². The van der Waals surface area contributed by atoms with Crippen LogP contribution in [-0.4, -0.2) is 22.7 Å². The van der Waals surface area contributed by atoms with E-state index >= 15 is 0 Å². The lowest BCUT2D eigenvalue weighted by Crippen LogP contribution is -1.99. The average Bonchev–Trinajstić information content (AvgIpc) is 3.10. The van der Waals surface area contributed by atoms with Crippen LogP contribution in [0.15, 0.2) is 59.7 Å². The van der Waals surface area contributed by atoms with Gasteiger partial charge in [-0.15, -0.1) is 5.10 Å². The van der Waals surface area contributed by atoms with Crippen molar-refractivity contribution in [3.63, 3.8) is 0 Å². The molecule has 0 radical (unpaired) electrons. The molecule has 0 unspecified atom stereocenters. The zero-order chi connectivity index (χ0) is 19.2. The van der Waals surface area contributed by atoms with E-state index in [1.807, 2.05) is 61.7 Å². The third-order valence-electron chi connectivity index (χ3n) is 3.84. The van der Waals surface area contributed by atoms with Gasteiger partial charge in [-0.1, -0.05) is 25.4 Å². The standard InChI is InChI=1S/C21H23ClN4O/c1-15(2)13-23-14-24-18-6-9-20(16(3)12-18)27-21-10-11-26(25-21)19-7-4-17(22)5-8-19/h4-12,14-15H,13H2,1-3H3,(H,23,24). The van der Waals surface area contributed by atoms with Crippen molar-refractivity contribution in [1.29, 1.82) is 0 Å². The normalized spacial score (nSPS) is 11.3. The van der Waals surface area contributed by atoms with Gasteiger partial charge < -0.3 is 10.1 Å². The molecule has 140 valence electrons. The molecule has 0 spiro atoms. The lowest BCUT2D eigenvalue weighted by molar-refractivity contribution is 0.454. The van der Waals surface area contributed by atoms with Crippen molar-refractivity contribution in [3.05, 3.63) is 65.3 Å². The van der Waals surface area contributed by atoms with E-state index in [4.69, 9.17) is 16.3 Å². The van der Waals surface area contributed by atoms with Gasteiger partial charge in [0.1, 0.15) is 5.75 Å². The van der Waals surface area contributed by atoms with Crippen LogP contribution < -0.4 is 10.1 Å². The summed E-state index contributed by atoms with van der Waals surface area (Å²) >= 11 is 5.93. The highest BCUT2D eigenvalue weighted by atomic mass is 35.5. The van der Waals surface area contributed by atoms with Gasteiger partial charge in [-0.25, -0.2) is 4.68 Å². The van der Waals surface area contributed by atoms with Crippen LogP contribution in [0.1, 0.15) is 19.4 Å². The molecule has 27 heavy (non-hydrogen) atoms. The highest BCUT2D eigenvalue weighted by molar-refractivity contribution is 6.30. The Balaban J connectivity index is 1.66. The molecule has 6 heteroatoms. The Kier molecular flexibility index (Phi) is 6.14. The Labute approximate surface area is 164 Å². The molecule has 0 aliphatic rings. The van der Waals surface area contributed by atoms with Gasteiger partial charge in [-0.2, -0.15) is 0 Å². The number of hydrogen-bond acceptors (Lipinski definition) is 3. The predicted molar refractivity (Wildman–Crippen MR) is 112 cm³/mol. The molecule has 1 heterocycles. The fraction of sp³-hybridized carbons (Fsp3) is 0.238. The van der Waals surface area contributed by atoms with Crippen LogP contribution in [0.25, 0.3) is 5.69 Å². The number of aliphatic imine (C=N–C) groups is 1. The smallest absolute Gasteiger partial charge is 0.238 e. The van der Waals surface area contributed by atoms with Gasteiger partial charge in [0.05, 0.1) is 12.0 Å². The first-order chi connectivity index (χ1) is 13.0. The van der Waals surface area contributed by atoms with Crippen LogP contribution in [0, 0.1) is 12.8 Å². The zero-order valence-electron chi connectivity index (χ0n) is 15.7. The predicted octanol–water partition coefficient (Wildman–Crippen LogP) is 5.72. The van der Waals surface area contributed by atoms with E-state index in [1.165, 1.54) is 0 Å². The molecule has 1 N–H and O–H groups in total. The lowest BCUT2D eigenvalue weighted by atomic mass is 10.2. The SMILES string of the molecule is Cc1cc(NC=NCC(C)C)ccc1Oc1ccn(-c2ccc(Cl)cc2)n1. The summed E-state index contributed by atoms with van der Waals surface area (Å²) in [5, 5.41) is 8.34. The molecule has 3 aromatic rings. The van der Waals surface area contributed by atoms with E-state index in [1.54, 1.807) is 11.0 Å². The van der Waals surface area contributed by atoms with Crippen LogP contribution >= 0.6 is 11.6 Å². The summed E-state index contributed by atoms with van der Waals surface area (Å²) in [5.74, 6) is 1.85. The number of nitrogens with one attached hydrogen (secondary N) is 1. The van der Waals surface area contributed by atoms with Crippen molar-refractivity contribution in [2.45, 2.75) is 20.8 Å². The number of aryl methyl sites for hydroxylation is 1. The van der Waals surface area contributed by atoms with Crippen LogP contribution in [0.4, 0.5) is 5.69 Å². The number of aromatic nitrogens is 2. The summed E-state index contributed by atoms with van der Waals surface area (Å²) in [6.07, 6.45) is 3.60.